The summed E-state index contributed by atoms with van der Waals surface area (Å²) in [5, 5.41) is 5.34. The maximum Gasteiger partial charge on any atom is 0.320 e. The van der Waals surface area contributed by atoms with Crippen LogP contribution in [0.3, 0.4) is 0 Å². The van der Waals surface area contributed by atoms with Crippen molar-refractivity contribution in [3.63, 3.8) is 0 Å². The summed E-state index contributed by atoms with van der Waals surface area (Å²) in [6, 6.07) is 7.47. The number of benzene rings is 1. The number of rotatable bonds is 4. The van der Waals surface area contributed by atoms with Crippen molar-refractivity contribution in [2.75, 3.05) is 11.9 Å². The van der Waals surface area contributed by atoms with E-state index in [9.17, 15) is 4.79 Å². The van der Waals surface area contributed by atoms with E-state index in [1.807, 2.05) is 35.8 Å². The largest absolute Gasteiger partial charge is 0.338 e. The average molecular weight is 308 g/mol. The Bertz CT molecular complexity index is 870. The van der Waals surface area contributed by atoms with Crippen LogP contribution in [0.15, 0.2) is 43.5 Å². The van der Waals surface area contributed by atoms with Gasteiger partial charge in [0.25, 0.3) is 0 Å². The quantitative estimate of drug-likeness (QED) is 0.776. The first-order chi connectivity index (χ1) is 11.2. The number of hydrogen-bond acceptors (Lipinski definition) is 4. The van der Waals surface area contributed by atoms with Crippen molar-refractivity contribution in [1.82, 2.24) is 24.8 Å². The van der Waals surface area contributed by atoms with E-state index in [2.05, 4.69) is 32.2 Å². The van der Waals surface area contributed by atoms with Gasteiger partial charge in [-0.15, -0.1) is 0 Å². The first-order valence-electron chi connectivity index (χ1n) is 7.19. The predicted octanol–water partition coefficient (Wildman–Crippen LogP) is 2.60. The molecule has 2 amide bonds. The lowest BCUT2D eigenvalue weighted by Gasteiger charge is -2.08. The van der Waals surface area contributed by atoms with Gasteiger partial charge in [0.2, 0.25) is 0 Å². The molecule has 0 bridgehead atoms. The molecule has 116 valence electrons. The third-order valence-corrected chi connectivity index (χ3v) is 3.32. The summed E-state index contributed by atoms with van der Waals surface area (Å²) in [6.45, 7) is 6.20. The van der Waals surface area contributed by atoms with E-state index < -0.39 is 0 Å². The number of amides is 2. The smallest absolute Gasteiger partial charge is 0.320 e. The number of nitrogens with one attached hydrogen (secondary N) is 2. The molecule has 7 nitrogen and oxygen atoms in total. The van der Waals surface area contributed by atoms with E-state index >= 15 is 0 Å². The molecule has 0 atom stereocenters. The average Bonchev–Trinajstić information content (AvgIpc) is 3.00. The van der Waals surface area contributed by atoms with Gasteiger partial charge in [-0.3, -0.25) is 9.88 Å². The van der Waals surface area contributed by atoms with E-state index in [-0.39, 0.29) is 6.03 Å². The van der Waals surface area contributed by atoms with Crippen molar-refractivity contribution in [3.05, 3.63) is 49.1 Å². The molecule has 2 N–H and O–H groups in total. The number of nitrogens with zero attached hydrogens (tertiary/aromatic N) is 4. The molecule has 3 aromatic rings. The van der Waals surface area contributed by atoms with Gasteiger partial charge in [0.15, 0.2) is 17.0 Å². The number of para-hydroxylation sites is 1. The number of imidazole rings is 1. The molecule has 0 aliphatic rings. The molecule has 2 heterocycles. The van der Waals surface area contributed by atoms with Crippen LogP contribution in [-0.4, -0.2) is 32.1 Å². The molecule has 0 aliphatic heterocycles. The minimum atomic E-state index is -0.325. The summed E-state index contributed by atoms with van der Waals surface area (Å²) < 4.78 is 1.84. The fourth-order valence-electron chi connectivity index (χ4n) is 2.29. The van der Waals surface area contributed by atoms with Crippen molar-refractivity contribution in [3.8, 4) is 5.69 Å². The molecule has 0 saturated carbocycles. The highest BCUT2D eigenvalue weighted by Gasteiger charge is 2.14. The number of hydrogen-bond donors (Lipinski definition) is 2. The van der Waals surface area contributed by atoms with Crippen LogP contribution in [-0.2, 0) is 0 Å². The van der Waals surface area contributed by atoms with Crippen molar-refractivity contribution >= 4 is 29.1 Å². The number of carbonyl (C=O) groups is 1. The SMILES string of the molecule is C=Cc1ccccc1-n1cnc2c(NC(=O)NCC)ncnc21. The van der Waals surface area contributed by atoms with E-state index in [0.29, 0.717) is 23.5 Å². The minimum absolute atomic E-state index is 0.325. The van der Waals surface area contributed by atoms with E-state index in [1.165, 1.54) is 6.33 Å². The molecule has 0 unspecified atom stereocenters. The van der Waals surface area contributed by atoms with Gasteiger partial charge in [-0.2, -0.15) is 0 Å². The predicted molar refractivity (Wildman–Crippen MR) is 89.4 cm³/mol. The Labute approximate surface area is 133 Å². The Balaban J connectivity index is 2.08. The standard InChI is InChI=1S/C16H16N6O/c1-3-11-7-5-6-8-12(11)22-10-20-13-14(18-9-19-15(13)22)21-16(23)17-4-2/h3,5-10H,1,4H2,2H3,(H2,17,18,19,21,23). The van der Waals surface area contributed by atoms with Gasteiger partial charge in [-0.05, 0) is 18.6 Å². The third-order valence-electron chi connectivity index (χ3n) is 3.32. The Kier molecular flexibility index (Phi) is 4.01. The van der Waals surface area contributed by atoms with Crippen molar-refractivity contribution in [2.45, 2.75) is 6.92 Å². The maximum absolute atomic E-state index is 11.7. The number of anilines is 1. The molecule has 2 aromatic heterocycles. The van der Waals surface area contributed by atoms with Gasteiger partial charge in [-0.25, -0.2) is 19.7 Å². The topological polar surface area (TPSA) is 84.7 Å². The summed E-state index contributed by atoms with van der Waals surface area (Å²) in [6.07, 6.45) is 4.83. The van der Waals surface area contributed by atoms with E-state index in [1.54, 1.807) is 12.4 Å². The third kappa shape index (κ3) is 2.76. The van der Waals surface area contributed by atoms with Crippen LogP contribution in [0.1, 0.15) is 12.5 Å². The van der Waals surface area contributed by atoms with Crippen molar-refractivity contribution < 1.29 is 4.79 Å². The Hall–Kier alpha value is -3.22. The Morgan fingerprint density at radius 3 is 2.91 bits per heavy atom. The molecule has 3 rings (SSSR count). The molecule has 7 heteroatoms. The van der Waals surface area contributed by atoms with Crippen LogP contribution < -0.4 is 10.6 Å². The monoisotopic (exact) mass is 308 g/mol. The minimum Gasteiger partial charge on any atom is -0.338 e. The van der Waals surface area contributed by atoms with Gasteiger partial charge < -0.3 is 5.32 Å². The lowest BCUT2D eigenvalue weighted by molar-refractivity contribution is 0.252. The van der Waals surface area contributed by atoms with E-state index in [4.69, 9.17) is 0 Å². The maximum atomic E-state index is 11.7. The number of aromatic nitrogens is 4. The van der Waals surface area contributed by atoms with Gasteiger partial charge >= 0.3 is 6.03 Å². The summed E-state index contributed by atoms with van der Waals surface area (Å²) in [4.78, 5) is 24.4. The zero-order valence-corrected chi connectivity index (χ0v) is 12.7. The van der Waals surface area contributed by atoms with Crippen LogP contribution in [0, 0.1) is 0 Å². The van der Waals surface area contributed by atoms with Crippen LogP contribution in [0.25, 0.3) is 22.9 Å². The molecule has 0 radical (unpaired) electrons. The molecule has 0 fully saturated rings. The van der Waals surface area contributed by atoms with E-state index in [0.717, 1.165) is 11.3 Å². The highest BCUT2D eigenvalue weighted by molar-refractivity contribution is 5.96. The van der Waals surface area contributed by atoms with Gasteiger partial charge in [0, 0.05) is 6.54 Å². The molecule has 0 saturated heterocycles. The summed E-state index contributed by atoms with van der Waals surface area (Å²) >= 11 is 0. The van der Waals surface area contributed by atoms with Crippen molar-refractivity contribution in [2.24, 2.45) is 0 Å². The summed E-state index contributed by atoms with van der Waals surface area (Å²) in [5.41, 5.74) is 3.01. The lowest BCUT2D eigenvalue weighted by Crippen LogP contribution is -2.28. The highest BCUT2D eigenvalue weighted by Crippen LogP contribution is 2.23. The van der Waals surface area contributed by atoms with Crippen molar-refractivity contribution in [1.29, 1.82) is 0 Å². The van der Waals surface area contributed by atoms with Crippen LogP contribution in [0.2, 0.25) is 0 Å². The van der Waals surface area contributed by atoms with Gasteiger partial charge in [-0.1, -0.05) is 30.9 Å². The number of fused-ring (bicyclic) bond motifs is 1. The van der Waals surface area contributed by atoms with Crippen LogP contribution in [0.4, 0.5) is 10.6 Å². The van der Waals surface area contributed by atoms with Crippen LogP contribution in [0.5, 0.6) is 0 Å². The lowest BCUT2D eigenvalue weighted by atomic mass is 10.2. The molecule has 23 heavy (non-hydrogen) atoms. The fraction of sp³-hybridized carbons (Fsp3) is 0.125. The molecular weight excluding hydrogens is 292 g/mol. The fourth-order valence-corrected chi connectivity index (χ4v) is 2.29. The van der Waals surface area contributed by atoms with Gasteiger partial charge in [0.1, 0.15) is 12.7 Å². The molecule has 0 aliphatic carbocycles. The molecule has 0 spiro atoms. The zero-order chi connectivity index (χ0) is 16.2. The summed E-state index contributed by atoms with van der Waals surface area (Å²) in [7, 11) is 0. The number of carbonyl (C=O) groups excluding carboxylic acids is 1. The Morgan fingerprint density at radius 2 is 2.13 bits per heavy atom. The first-order valence-corrected chi connectivity index (χ1v) is 7.19. The molecule has 1 aromatic carbocycles. The summed E-state index contributed by atoms with van der Waals surface area (Å²) in [5.74, 6) is 0.371. The Morgan fingerprint density at radius 1 is 1.30 bits per heavy atom. The normalized spacial score (nSPS) is 10.5. The van der Waals surface area contributed by atoms with Crippen LogP contribution >= 0.6 is 0 Å². The zero-order valence-electron chi connectivity index (χ0n) is 12.7. The second-order valence-electron chi connectivity index (χ2n) is 4.76. The molecular formula is C16H16N6O. The second kappa shape index (κ2) is 6.27. The highest BCUT2D eigenvalue weighted by atomic mass is 16.2. The first kappa shape index (κ1) is 14.7. The number of urea groups is 1. The second-order valence-corrected chi connectivity index (χ2v) is 4.76. The van der Waals surface area contributed by atoms with Gasteiger partial charge in [0.05, 0.1) is 5.69 Å².